The lowest BCUT2D eigenvalue weighted by molar-refractivity contribution is 0.0958. The molecule has 0 spiro atoms. The lowest BCUT2D eigenvalue weighted by Crippen LogP contribution is -2.37. The van der Waals surface area contributed by atoms with Crippen molar-refractivity contribution in [2.75, 3.05) is 36.8 Å². The second-order valence-corrected chi connectivity index (χ2v) is 5.43. The maximum absolute atomic E-state index is 12.0. The fourth-order valence-electron chi connectivity index (χ4n) is 1.97. The average molecular weight is 298 g/mol. The van der Waals surface area contributed by atoms with Crippen molar-refractivity contribution in [3.8, 4) is 0 Å². The average Bonchev–Trinajstić information content (AvgIpc) is 3.02. The monoisotopic (exact) mass is 298 g/mol. The number of carbonyl (C=O) groups is 2. The van der Waals surface area contributed by atoms with Crippen molar-refractivity contribution < 1.29 is 9.59 Å². The van der Waals surface area contributed by atoms with Crippen molar-refractivity contribution in [3.63, 3.8) is 0 Å². The molecule has 0 aliphatic carbocycles. The summed E-state index contributed by atoms with van der Waals surface area (Å²) in [5.74, 6) is -0.0334. The summed E-state index contributed by atoms with van der Waals surface area (Å²) in [5, 5.41) is 5.84. The molecule has 1 saturated heterocycles. The first-order chi connectivity index (χ1) is 9.58. The Morgan fingerprint density at radius 2 is 1.90 bits per heavy atom. The van der Waals surface area contributed by atoms with Crippen LogP contribution in [0.25, 0.3) is 0 Å². The van der Waals surface area contributed by atoms with Crippen molar-refractivity contribution in [1.29, 1.82) is 0 Å². The fourth-order valence-corrected chi connectivity index (χ4v) is 2.92. The van der Waals surface area contributed by atoms with Gasteiger partial charge in [-0.2, -0.15) is 0 Å². The summed E-state index contributed by atoms with van der Waals surface area (Å²) < 4.78 is 0. The maximum atomic E-state index is 12.0. The van der Waals surface area contributed by atoms with Crippen LogP contribution in [-0.4, -0.2) is 43.1 Å². The van der Waals surface area contributed by atoms with Crippen molar-refractivity contribution in [2.45, 2.75) is 12.8 Å². The molecule has 1 aliphatic heterocycles. The third-order valence-corrected chi connectivity index (χ3v) is 4.07. The van der Waals surface area contributed by atoms with Gasteiger partial charge in [0, 0.05) is 26.2 Å². The van der Waals surface area contributed by atoms with E-state index >= 15 is 0 Å². The highest BCUT2D eigenvalue weighted by molar-refractivity contribution is 7.18. The molecule has 9 heteroatoms. The van der Waals surface area contributed by atoms with E-state index in [0.717, 1.165) is 31.1 Å². The lowest BCUT2D eigenvalue weighted by atomic mass is 10.4. The molecule has 6 N–H and O–H groups in total. The van der Waals surface area contributed by atoms with Crippen molar-refractivity contribution in [3.05, 3.63) is 4.88 Å². The molecule has 0 unspecified atom stereocenters. The molecule has 0 atom stereocenters. The second kappa shape index (κ2) is 6.42. The number of nitrogens with two attached hydrogens (primary N) is 2. The Labute approximate surface area is 120 Å². The normalized spacial score (nSPS) is 14.3. The van der Waals surface area contributed by atoms with Crippen LogP contribution in [-0.2, 0) is 0 Å². The Morgan fingerprint density at radius 3 is 2.55 bits per heavy atom. The number of hydrogen-bond acceptors (Lipinski definition) is 6. The van der Waals surface area contributed by atoms with Gasteiger partial charge in [-0.25, -0.2) is 9.78 Å². The Hall–Kier alpha value is -2.03. The number of amides is 3. The number of nitrogens with zero attached hydrogens (tertiary/aromatic N) is 2. The molecule has 110 valence electrons. The summed E-state index contributed by atoms with van der Waals surface area (Å²) in [6.07, 6.45) is 2.28. The molecule has 2 rings (SSSR count). The van der Waals surface area contributed by atoms with E-state index in [-0.39, 0.29) is 24.8 Å². The van der Waals surface area contributed by atoms with Gasteiger partial charge in [0.1, 0.15) is 10.7 Å². The van der Waals surface area contributed by atoms with Gasteiger partial charge >= 0.3 is 6.03 Å². The molecule has 1 aliphatic rings. The SMILES string of the molecule is NC(=O)NCCNC(=O)c1sc(N2CCCC2)nc1N. The van der Waals surface area contributed by atoms with Gasteiger partial charge in [-0.05, 0) is 12.8 Å². The lowest BCUT2D eigenvalue weighted by Gasteiger charge is -2.11. The van der Waals surface area contributed by atoms with E-state index in [1.165, 1.54) is 11.3 Å². The smallest absolute Gasteiger partial charge is 0.312 e. The van der Waals surface area contributed by atoms with E-state index in [1.807, 2.05) is 0 Å². The molecule has 8 nitrogen and oxygen atoms in total. The standard InChI is InChI=1S/C11H18N6O2S/c12-8-7(9(18)14-3-4-15-10(13)19)20-11(16-8)17-5-1-2-6-17/h1-6,12H2,(H,14,18)(H3,13,15,19). The van der Waals surface area contributed by atoms with Gasteiger partial charge in [-0.15, -0.1) is 0 Å². The highest BCUT2D eigenvalue weighted by atomic mass is 32.1. The summed E-state index contributed by atoms with van der Waals surface area (Å²) in [6.45, 7) is 2.48. The fraction of sp³-hybridized carbons (Fsp3) is 0.545. The highest BCUT2D eigenvalue weighted by Gasteiger charge is 2.21. The largest absolute Gasteiger partial charge is 0.382 e. The summed E-state index contributed by atoms with van der Waals surface area (Å²) in [5.41, 5.74) is 10.7. The van der Waals surface area contributed by atoms with Gasteiger partial charge in [0.25, 0.3) is 5.91 Å². The number of aromatic nitrogens is 1. The summed E-state index contributed by atoms with van der Waals surface area (Å²) in [6, 6.07) is -0.618. The zero-order valence-electron chi connectivity index (χ0n) is 11.0. The highest BCUT2D eigenvalue weighted by Crippen LogP contribution is 2.30. The molecule has 0 aromatic carbocycles. The molecule has 20 heavy (non-hydrogen) atoms. The first-order valence-corrected chi connectivity index (χ1v) is 7.22. The predicted octanol–water partition coefficient (Wildman–Crippen LogP) is -0.276. The number of nitrogen functional groups attached to an aromatic ring is 1. The molecule has 1 fully saturated rings. The van der Waals surface area contributed by atoms with Crippen LogP contribution in [0.2, 0.25) is 0 Å². The minimum Gasteiger partial charge on any atom is -0.382 e. The van der Waals surface area contributed by atoms with Crippen LogP contribution in [0.1, 0.15) is 22.5 Å². The minimum absolute atomic E-state index is 0.247. The van der Waals surface area contributed by atoms with E-state index in [0.29, 0.717) is 4.88 Å². The molecule has 0 saturated carbocycles. The molecule has 1 aromatic heterocycles. The van der Waals surface area contributed by atoms with Gasteiger partial charge in [0.2, 0.25) is 0 Å². The molecular weight excluding hydrogens is 280 g/mol. The number of urea groups is 1. The maximum Gasteiger partial charge on any atom is 0.312 e. The Balaban J connectivity index is 1.90. The number of carbonyl (C=O) groups excluding carboxylic acids is 2. The molecular formula is C11H18N6O2S. The predicted molar refractivity (Wildman–Crippen MR) is 77.9 cm³/mol. The topological polar surface area (TPSA) is 126 Å². The van der Waals surface area contributed by atoms with Crippen LogP contribution in [0, 0.1) is 0 Å². The number of rotatable bonds is 5. The van der Waals surface area contributed by atoms with E-state index in [4.69, 9.17) is 11.5 Å². The Kier molecular flexibility index (Phi) is 4.61. The quantitative estimate of drug-likeness (QED) is 0.556. The number of nitrogens with one attached hydrogen (secondary N) is 2. The zero-order valence-corrected chi connectivity index (χ0v) is 11.8. The number of anilines is 2. The van der Waals surface area contributed by atoms with Gasteiger partial charge in [0.05, 0.1) is 0 Å². The third kappa shape index (κ3) is 3.50. The number of thiazole rings is 1. The number of hydrogen-bond donors (Lipinski definition) is 4. The Bertz CT molecular complexity index is 497. The molecule has 3 amide bonds. The molecule has 2 heterocycles. The van der Waals surface area contributed by atoms with Crippen LogP contribution < -0.4 is 27.0 Å². The van der Waals surface area contributed by atoms with E-state index in [2.05, 4.69) is 20.5 Å². The molecule has 0 radical (unpaired) electrons. The summed E-state index contributed by atoms with van der Waals surface area (Å²) in [4.78, 5) is 29.2. The van der Waals surface area contributed by atoms with E-state index < -0.39 is 6.03 Å². The van der Waals surface area contributed by atoms with Gasteiger partial charge in [0.15, 0.2) is 5.13 Å². The molecule has 1 aromatic rings. The van der Waals surface area contributed by atoms with Crippen LogP contribution in [0.3, 0.4) is 0 Å². The second-order valence-electron chi connectivity index (χ2n) is 4.45. The third-order valence-electron chi connectivity index (χ3n) is 2.93. The van der Waals surface area contributed by atoms with Gasteiger partial charge < -0.3 is 27.0 Å². The van der Waals surface area contributed by atoms with E-state index in [1.54, 1.807) is 0 Å². The zero-order chi connectivity index (χ0) is 14.5. The van der Waals surface area contributed by atoms with Crippen LogP contribution in [0.15, 0.2) is 0 Å². The molecule has 0 bridgehead atoms. The van der Waals surface area contributed by atoms with Crippen molar-refractivity contribution in [1.82, 2.24) is 15.6 Å². The van der Waals surface area contributed by atoms with Gasteiger partial charge in [-0.1, -0.05) is 11.3 Å². The van der Waals surface area contributed by atoms with Crippen molar-refractivity contribution >= 4 is 34.2 Å². The van der Waals surface area contributed by atoms with Gasteiger partial charge in [-0.3, -0.25) is 4.79 Å². The first kappa shape index (κ1) is 14.4. The van der Waals surface area contributed by atoms with Crippen molar-refractivity contribution in [2.24, 2.45) is 5.73 Å². The first-order valence-electron chi connectivity index (χ1n) is 6.40. The summed E-state index contributed by atoms with van der Waals surface area (Å²) >= 11 is 1.29. The van der Waals surface area contributed by atoms with Crippen LogP contribution in [0.5, 0.6) is 0 Å². The Morgan fingerprint density at radius 1 is 1.25 bits per heavy atom. The van der Waals surface area contributed by atoms with Crippen LogP contribution in [0.4, 0.5) is 15.7 Å². The van der Waals surface area contributed by atoms with Crippen LogP contribution >= 0.6 is 11.3 Å². The van der Waals surface area contributed by atoms with E-state index in [9.17, 15) is 9.59 Å². The summed E-state index contributed by atoms with van der Waals surface area (Å²) in [7, 11) is 0. The minimum atomic E-state index is -0.618. The number of primary amides is 1.